The van der Waals surface area contributed by atoms with Crippen LogP contribution < -0.4 is 15.8 Å². The SMILES string of the molecule is C[C@H](N)c1cc(Br)ccc1OCC(=O)NC(C)(C)C. The van der Waals surface area contributed by atoms with Gasteiger partial charge in [0.15, 0.2) is 6.61 Å². The molecule has 0 saturated heterocycles. The van der Waals surface area contributed by atoms with Gasteiger partial charge in [-0.25, -0.2) is 0 Å². The molecule has 0 aliphatic carbocycles. The van der Waals surface area contributed by atoms with Crippen LogP contribution in [0.15, 0.2) is 22.7 Å². The average Bonchev–Trinajstić information content (AvgIpc) is 2.24. The Kier molecular flexibility index (Phi) is 5.38. The molecule has 0 saturated carbocycles. The van der Waals surface area contributed by atoms with Gasteiger partial charge in [0.2, 0.25) is 0 Å². The van der Waals surface area contributed by atoms with Crippen LogP contribution in [0.3, 0.4) is 0 Å². The lowest BCUT2D eigenvalue weighted by molar-refractivity contribution is -0.124. The number of nitrogens with two attached hydrogens (primary N) is 1. The second kappa shape index (κ2) is 6.39. The van der Waals surface area contributed by atoms with E-state index in [1.165, 1.54) is 0 Å². The van der Waals surface area contributed by atoms with Gasteiger partial charge in [-0.3, -0.25) is 4.79 Å². The number of rotatable bonds is 4. The van der Waals surface area contributed by atoms with E-state index in [0.29, 0.717) is 5.75 Å². The highest BCUT2D eigenvalue weighted by Crippen LogP contribution is 2.27. The molecule has 19 heavy (non-hydrogen) atoms. The quantitative estimate of drug-likeness (QED) is 0.893. The van der Waals surface area contributed by atoms with Crippen LogP contribution in [0.1, 0.15) is 39.3 Å². The van der Waals surface area contributed by atoms with Gasteiger partial charge < -0.3 is 15.8 Å². The van der Waals surface area contributed by atoms with Gasteiger partial charge in [-0.15, -0.1) is 0 Å². The smallest absolute Gasteiger partial charge is 0.258 e. The van der Waals surface area contributed by atoms with Gasteiger partial charge >= 0.3 is 0 Å². The second-order valence-electron chi connectivity index (χ2n) is 5.56. The van der Waals surface area contributed by atoms with E-state index in [9.17, 15) is 4.79 Å². The Labute approximate surface area is 122 Å². The summed E-state index contributed by atoms with van der Waals surface area (Å²) in [5, 5.41) is 2.85. The van der Waals surface area contributed by atoms with Crippen molar-refractivity contribution in [1.82, 2.24) is 5.32 Å². The molecule has 4 nitrogen and oxygen atoms in total. The monoisotopic (exact) mass is 328 g/mol. The molecule has 1 rings (SSSR count). The summed E-state index contributed by atoms with van der Waals surface area (Å²) >= 11 is 3.39. The minimum atomic E-state index is -0.260. The van der Waals surface area contributed by atoms with E-state index < -0.39 is 0 Å². The van der Waals surface area contributed by atoms with E-state index in [1.807, 2.05) is 45.9 Å². The van der Waals surface area contributed by atoms with E-state index in [4.69, 9.17) is 10.5 Å². The normalized spacial score (nSPS) is 12.9. The van der Waals surface area contributed by atoms with Crippen molar-refractivity contribution in [2.45, 2.75) is 39.3 Å². The molecule has 0 unspecified atom stereocenters. The lowest BCUT2D eigenvalue weighted by Gasteiger charge is -2.21. The predicted molar refractivity (Wildman–Crippen MR) is 80.1 cm³/mol. The molecule has 1 aromatic rings. The summed E-state index contributed by atoms with van der Waals surface area (Å²) in [6.45, 7) is 7.65. The lowest BCUT2D eigenvalue weighted by atomic mass is 10.1. The first-order valence-corrected chi connectivity index (χ1v) is 6.97. The summed E-state index contributed by atoms with van der Waals surface area (Å²) in [5.41, 5.74) is 6.50. The third kappa shape index (κ3) is 5.61. The van der Waals surface area contributed by atoms with Crippen molar-refractivity contribution in [2.75, 3.05) is 6.61 Å². The van der Waals surface area contributed by atoms with Gasteiger partial charge in [0, 0.05) is 21.6 Å². The topological polar surface area (TPSA) is 64.3 Å². The van der Waals surface area contributed by atoms with Gasteiger partial charge in [0.25, 0.3) is 5.91 Å². The Balaban J connectivity index is 2.70. The van der Waals surface area contributed by atoms with Crippen LogP contribution in [0, 0.1) is 0 Å². The third-order valence-electron chi connectivity index (χ3n) is 2.34. The number of carbonyl (C=O) groups excluding carboxylic acids is 1. The van der Waals surface area contributed by atoms with Crippen LogP contribution in [-0.4, -0.2) is 18.1 Å². The molecule has 1 amide bonds. The lowest BCUT2D eigenvalue weighted by Crippen LogP contribution is -2.43. The molecule has 0 radical (unpaired) electrons. The van der Waals surface area contributed by atoms with Crippen LogP contribution in [0.5, 0.6) is 5.75 Å². The molecule has 0 aliphatic heterocycles. The maximum atomic E-state index is 11.7. The van der Waals surface area contributed by atoms with Crippen molar-refractivity contribution in [1.29, 1.82) is 0 Å². The Hall–Kier alpha value is -1.07. The molecule has 0 spiro atoms. The molecule has 0 fully saturated rings. The highest BCUT2D eigenvalue weighted by atomic mass is 79.9. The van der Waals surface area contributed by atoms with Crippen molar-refractivity contribution in [3.05, 3.63) is 28.2 Å². The minimum Gasteiger partial charge on any atom is -0.483 e. The van der Waals surface area contributed by atoms with Gasteiger partial charge in [-0.1, -0.05) is 15.9 Å². The summed E-state index contributed by atoms with van der Waals surface area (Å²) in [7, 11) is 0. The van der Waals surface area contributed by atoms with E-state index in [1.54, 1.807) is 0 Å². The Morgan fingerprint density at radius 2 is 2.11 bits per heavy atom. The standard InChI is InChI=1S/C14H21BrN2O2/c1-9(16)11-7-10(15)5-6-12(11)19-8-13(18)17-14(2,3)4/h5-7,9H,8,16H2,1-4H3,(H,17,18)/t9-/m0/s1. The Morgan fingerprint density at radius 3 is 2.63 bits per heavy atom. The molecule has 5 heteroatoms. The van der Waals surface area contributed by atoms with E-state index in [0.717, 1.165) is 10.0 Å². The molecule has 1 aromatic carbocycles. The van der Waals surface area contributed by atoms with Crippen LogP contribution >= 0.6 is 15.9 Å². The summed E-state index contributed by atoms with van der Waals surface area (Å²) in [5.74, 6) is 0.494. The van der Waals surface area contributed by atoms with E-state index in [-0.39, 0.29) is 24.1 Å². The first-order valence-electron chi connectivity index (χ1n) is 6.18. The third-order valence-corrected chi connectivity index (χ3v) is 2.83. The van der Waals surface area contributed by atoms with E-state index >= 15 is 0 Å². The number of hydrogen-bond acceptors (Lipinski definition) is 3. The molecule has 0 bridgehead atoms. The maximum Gasteiger partial charge on any atom is 0.258 e. The summed E-state index contributed by atoms with van der Waals surface area (Å²) in [6.07, 6.45) is 0. The summed E-state index contributed by atoms with van der Waals surface area (Å²) in [4.78, 5) is 11.7. The molecular formula is C14H21BrN2O2. The largest absolute Gasteiger partial charge is 0.483 e. The number of benzene rings is 1. The maximum absolute atomic E-state index is 11.7. The minimum absolute atomic E-state index is 0.0153. The summed E-state index contributed by atoms with van der Waals surface area (Å²) in [6, 6.07) is 5.43. The molecule has 106 valence electrons. The second-order valence-corrected chi connectivity index (χ2v) is 6.47. The molecule has 0 heterocycles. The first kappa shape index (κ1) is 16.0. The Morgan fingerprint density at radius 1 is 1.47 bits per heavy atom. The summed E-state index contributed by atoms with van der Waals surface area (Å²) < 4.78 is 6.48. The Bertz CT molecular complexity index is 453. The van der Waals surface area contributed by atoms with Crippen LogP contribution in [0.2, 0.25) is 0 Å². The molecule has 0 aromatic heterocycles. The number of carbonyl (C=O) groups is 1. The van der Waals surface area contributed by atoms with Crippen molar-refractivity contribution >= 4 is 21.8 Å². The first-order chi connectivity index (χ1) is 8.69. The van der Waals surface area contributed by atoms with Crippen LogP contribution in [0.4, 0.5) is 0 Å². The number of halogens is 1. The molecule has 0 aliphatic rings. The fourth-order valence-corrected chi connectivity index (χ4v) is 1.98. The zero-order valence-corrected chi connectivity index (χ0v) is 13.4. The number of nitrogens with one attached hydrogen (secondary N) is 1. The van der Waals surface area contributed by atoms with Gasteiger partial charge in [0.05, 0.1) is 0 Å². The van der Waals surface area contributed by atoms with Gasteiger partial charge in [0.1, 0.15) is 5.75 Å². The zero-order valence-electron chi connectivity index (χ0n) is 11.8. The molecule has 3 N–H and O–H groups in total. The number of amides is 1. The van der Waals surface area contributed by atoms with Crippen LogP contribution in [-0.2, 0) is 4.79 Å². The van der Waals surface area contributed by atoms with Gasteiger partial charge in [-0.05, 0) is 45.9 Å². The van der Waals surface area contributed by atoms with Crippen molar-refractivity contribution in [3.63, 3.8) is 0 Å². The molecule has 1 atom stereocenters. The zero-order chi connectivity index (χ0) is 14.6. The highest BCUT2D eigenvalue weighted by molar-refractivity contribution is 9.10. The van der Waals surface area contributed by atoms with Crippen molar-refractivity contribution < 1.29 is 9.53 Å². The number of hydrogen-bond donors (Lipinski definition) is 2. The predicted octanol–water partition coefficient (Wildman–Crippen LogP) is 2.76. The highest BCUT2D eigenvalue weighted by Gasteiger charge is 2.15. The molecular weight excluding hydrogens is 308 g/mol. The average molecular weight is 329 g/mol. The van der Waals surface area contributed by atoms with Crippen LogP contribution in [0.25, 0.3) is 0 Å². The number of ether oxygens (including phenoxy) is 1. The van der Waals surface area contributed by atoms with Crippen molar-refractivity contribution in [3.8, 4) is 5.75 Å². The van der Waals surface area contributed by atoms with Gasteiger partial charge in [-0.2, -0.15) is 0 Å². The van der Waals surface area contributed by atoms with E-state index in [2.05, 4.69) is 21.2 Å². The van der Waals surface area contributed by atoms with Crippen molar-refractivity contribution in [2.24, 2.45) is 5.73 Å². The fourth-order valence-electron chi connectivity index (χ4n) is 1.60. The fraction of sp³-hybridized carbons (Fsp3) is 0.500.